The van der Waals surface area contributed by atoms with E-state index in [9.17, 15) is 18.0 Å². The van der Waals surface area contributed by atoms with Crippen LogP contribution < -0.4 is 14.9 Å². The lowest BCUT2D eigenvalue weighted by Crippen LogP contribution is -2.38. The van der Waals surface area contributed by atoms with E-state index in [-0.39, 0.29) is 28.4 Å². The van der Waals surface area contributed by atoms with Crippen molar-refractivity contribution in [1.29, 1.82) is 0 Å². The smallest absolute Gasteiger partial charge is 0.264 e. The van der Waals surface area contributed by atoms with Crippen molar-refractivity contribution in [3.05, 3.63) is 118 Å². The van der Waals surface area contributed by atoms with Gasteiger partial charge in [0.1, 0.15) is 6.54 Å². The van der Waals surface area contributed by atoms with Gasteiger partial charge in [-0.3, -0.25) is 18.9 Å². The van der Waals surface area contributed by atoms with Crippen LogP contribution in [0.5, 0.6) is 0 Å². The molecule has 4 aromatic rings. The summed E-state index contributed by atoms with van der Waals surface area (Å²) < 4.78 is 28.0. The van der Waals surface area contributed by atoms with Crippen LogP contribution in [0.15, 0.2) is 102 Å². The van der Waals surface area contributed by atoms with Crippen LogP contribution in [0.3, 0.4) is 0 Å². The number of nitrogens with zero attached hydrogens (tertiary/aromatic N) is 2. The molecular weight excluding hydrogens is 547 g/mol. The van der Waals surface area contributed by atoms with Gasteiger partial charge >= 0.3 is 0 Å². The zero-order valence-electron chi connectivity index (χ0n) is 19.8. The third kappa shape index (κ3) is 6.69. The van der Waals surface area contributed by atoms with Crippen molar-refractivity contribution in [3.63, 3.8) is 0 Å². The quantitative estimate of drug-likeness (QED) is 0.290. The van der Waals surface area contributed by atoms with E-state index in [1.807, 2.05) is 6.07 Å². The van der Waals surface area contributed by atoms with E-state index in [0.29, 0.717) is 10.0 Å². The van der Waals surface area contributed by atoms with Gasteiger partial charge in [0, 0.05) is 29.0 Å². The van der Waals surface area contributed by atoms with Crippen LogP contribution in [-0.4, -0.2) is 31.8 Å². The van der Waals surface area contributed by atoms with Gasteiger partial charge in [0.2, 0.25) is 5.91 Å². The Morgan fingerprint density at radius 1 is 0.868 bits per heavy atom. The minimum atomic E-state index is -4.17. The van der Waals surface area contributed by atoms with E-state index < -0.39 is 28.4 Å². The number of para-hydroxylation sites is 1. The summed E-state index contributed by atoms with van der Waals surface area (Å²) in [6.07, 6.45) is 3.27. The van der Waals surface area contributed by atoms with E-state index in [0.717, 1.165) is 9.87 Å². The average molecular weight is 569 g/mol. The van der Waals surface area contributed by atoms with E-state index >= 15 is 0 Å². The Labute approximate surface area is 230 Å². The molecular formula is C27H22Cl2N4O4S. The van der Waals surface area contributed by atoms with Gasteiger partial charge in [-0.2, -0.15) is 0 Å². The lowest BCUT2D eigenvalue weighted by molar-refractivity contribution is -0.114. The number of hydrogen-bond donors (Lipinski definition) is 2. The van der Waals surface area contributed by atoms with Crippen LogP contribution >= 0.6 is 23.2 Å². The van der Waals surface area contributed by atoms with Gasteiger partial charge in [0.05, 0.1) is 21.8 Å². The second kappa shape index (κ2) is 12.1. The second-order valence-corrected chi connectivity index (χ2v) is 10.8. The fraction of sp³-hybridized carbons (Fsp3) is 0.0741. The third-order valence-electron chi connectivity index (χ3n) is 5.41. The Morgan fingerprint density at radius 3 is 2.34 bits per heavy atom. The number of hydrogen-bond acceptors (Lipinski definition) is 5. The van der Waals surface area contributed by atoms with Crippen molar-refractivity contribution >= 4 is 56.4 Å². The van der Waals surface area contributed by atoms with Gasteiger partial charge in [0.15, 0.2) is 0 Å². The number of amides is 2. The average Bonchev–Trinajstić information content (AvgIpc) is 2.91. The summed E-state index contributed by atoms with van der Waals surface area (Å²) in [6.45, 7) is -0.326. The molecule has 0 atom stereocenters. The number of aromatic nitrogens is 1. The van der Waals surface area contributed by atoms with Crippen LogP contribution in [0.2, 0.25) is 10.0 Å². The van der Waals surface area contributed by atoms with Crippen molar-refractivity contribution in [2.24, 2.45) is 0 Å². The summed E-state index contributed by atoms with van der Waals surface area (Å²) in [6, 6.07) is 21.8. The van der Waals surface area contributed by atoms with Crippen molar-refractivity contribution in [2.75, 3.05) is 16.2 Å². The minimum Gasteiger partial charge on any atom is -0.348 e. The molecule has 2 amide bonds. The van der Waals surface area contributed by atoms with E-state index in [1.165, 1.54) is 36.4 Å². The standard InChI is InChI=1S/C27H22Cl2N4O4S/c28-20-10-12-23(13-11-20)38(36,37)33(22-7-3-6-21(29)15-22)18-26(34)32-25-9-2-1-8-24(25)27(35)31-17-19-5-4-14-30-16-19/h1-16H,17-18H2,(H,31,35)(H,32,34). The number of anilines is 2. The molecule has 0 fully saturated rings. The maximum atomic E-state index is 13.5. The Bertz CT molecular complexity index is 1550. The molecule has 0 unspecified atom stereocenters. The van der Waals surface area contributed by atoms with Gasteiger partial charge in [-0.25, -0.2) is 8.42 Å². The van der Waals surface area contributed by atoms with Gasteiger partial charge in [-0.15, -0.1) is 0 Å². The summed E-state index contributed by atoms with van der Waals surface area (Å²) in [7, 11) is -4.17. The molecule has 38 heavy (non-hydrogen) atoms. The summed E-state index contributed by atoms with van der Waals surface area (Å²) in [4.78, 5) is 30.0. The van der Waals surface area contributed by atoms with E-state index in [2.05, 4.69) is 15.6 Å². The monoisotopic (exact) mass is 568 g/mol. The highest BCUT2D eigenvalue weighted by Crippen LogP contribution is 2.27. The molecule has 0 saturated carbocycles. The Hall–Kier alpha value is -3.92. The number of carbonyl (C=O) groups excluding carboxylic acids is 2. The molecule has 8 nitrogen and oxygen atoms in total. The molecule has 0 radical (unpaired) electrons. The first-order chi connectivity index (χ1) is 18.2. The number of sulfonamides is 1. The van der Waals surface area contributed by atoms with Crippen molar-refractivity contribution < 1.29 is 18.0 Å². The first-order valence-corrected chi connectivity index (χ1v) is 13.5. The fourth-order valence-electron chi connectivity index (χ4n) is 3.57. The van der Waals surface area contributed by atoms with Crippen LogP contribution in [0, 0.1) is 0 Å². The maximum Gasteiger partial charge on any atom is 0.264 e. The summed E-state index contributed by atoms with van der Waals surface area (Å²) in [5.41, 5.74) is 1.47. The second-order valence-electron chi connectivity index (χ2n) is 8.08. The number of nitrogens with one attached hydrogen (secondary N) is 2. The van der Waals surface area contributed by atoms with Crippen LogP contribution in [0.25, 0.3) is 0 Å². The highest BCUT2D eigenvalue weighted by atomic mass is 35.5. The molecule has 0 bridgehead atoms. The number of carbonyl (C=O) groups is 2. The van der Waals surface area contributed by atoms with Crippen molar-refractivity contribution in [1.82, 2.24) is 10.3 Å². The molecule has 4 rings (SSSR count). The molecule has 0 aliphatic heterocycles. The number of pyridine rings is 1. The van der Waals surface area contributed by atoms with E-state index in [4.69, 9.17) is 23.2 Å². The molecule has 3 aromatic carbocycles. The molecule has 1 aromatic heterocycles. The largest absolute Gasteiger partial charge is 0.348 e. The zero-order valence-corrected chi connectivity index (χ0v) is 22.2. The summed E-state index contributed by atoms with van der Waals surface area (Å²) >= 11 is 12.0. The molecule has 0 saturated heterocycles. The maximum absolute atomic E-state index is 13.5. The Balaban J connectivity index is 1.57. The van der Waals surface area contributed by atoms with Crippen LogP contribution in [0.1, 0.15) is 15.9 Å². The van der Waals surface area contributed by atoms with Gasteiger partial charge in [-0.1, -0.05) is 47.5 Å². The van der Waals surface area contributed by atoms with Crippen molar-refractivity contribution in [3.8, 4) is 0 Å². The van der Waals surface area contributed by atoms with Gasteiger partial charge in [-0.05, 0) is 66.2 Å². The Kier molecular flexibility index (Phi) is 8.62. The molecule has 194 valence electrons. The topological polar surface area (TPSA) is 108 Å². The molecule has 0 aliphatic carbocycles. The van der Waals surface area contributed by atoms with Crippen LogP contribution in [-0.2, 0) is 21.4 Å². The zero-order chi connectivity index (χ0) is 27.1. The number of halogens is 2. The van der Waals surface area contributed by atoms with Gasteiger partial charge < -0.3 is 10.6 Å². The number of rotatable bonds is 9. The fourth-order valence-corrected chi connectivity index (χ4v) is 5.29. The summed E-state index contributed by atoms with van der Waals surface area (Å²) in [5, 5.41) is 6.13. The van der Waals surface area contributed by atoms with Crippen LogP contribution in [0.4, 0.5) is 11.4 Å². The number of benzene rings is 3. The van der Waals surface area contributed by atoms with E-state index in [1.54, 1.807) is 54.9 Å². The summed E-state index contributed by atoms with van der Waals surface area (Å²) in [5.74, 6) is -1.07. The SMILES string of the molecule is O=C(CN(c1cccc(Cl)c1)S(=O)(=O)c1ccc(Cl)cc1)Nc1ccccc1C(=O)NCc1cccnc1. The first kappa shape index (κ1) is 27.1. The predicted octanol–water partition coefficient (Wildman–Crippen LogP) is 5.15. The highest BCUT2D eigenvalue weighted by Gasteiger charge is 2.28. The lowest BCUT2D eigenvalue weighted by Gasteiger charge is -2.24. The van der Waals surface area contributed by atoms with Crippen molar-refractivity contribution in [2.45, 2.75) is 11.4 Å². The third-order valence-corrected chi connectivity index (χ3v) is 7.68. The normalized spacial score (nSPS) is 11.0. The molecule has 0 aliphatic rings. The predicted molar refractivity (Wildman–Crippen MR) is 148 cm³/mol. The lowest BCUT2D eigenvalue weighted by atomic mass is 10.1. The highest BCUT2D eigenvalue weighted by molar-refractivity contribution is 7.92. The molecule has 1 heterocycles. The minimum absolute atomic E-state index is 0.0511. The first-order valence-electron chi connectivity index (χ1n) is 11.3. The Morgan fingerprint density at radius 2 is 1.63 bits per heavy atom. The molecule has 0 spiro atoms. The molecule has 2 N–H and O–H groups in total. The molecule has 11 heteroatoms. The van der Waals surface area contributed by atoms with Gasteiger partial charge in [0.25, 0.3) is 15.9 Å².